The number of rotatable bonds is 17. The number of carbonyl (C=O) groups is 2. The number of esters is 2. The molecule has 2 aliphatic rings. The zero-order chi connectivity index (χ0) is 51.3. The molecule has 0 aromatic heterocycles. The number of ether oxygens (including phenoxy) is 6. The van der Waals surface area contributed by atoms with Crippen LogP contribution >= 0.6 is 0 Å². The molecular formula is C62H58F2N2O8. The summed E-state index contributed by atoms with van der Waals surface area (Å²) in [5, 5.41) is 12.1. The molecule has 2 N–H and O–H groups in total. The van der Waals surface area contributed by atoms with Gasteiger partial charge in [0.1, 0.15) is 23.7 Å². The fourth-order valence-electron chi connectivity index (χ4n) is 10.6. The predicted octanol–water partition coefficient (Wildman–Crippen LogP) is 12.3. The fourth-order valence-corrected chi connectivity index (χ4v) is 10.6. The molecule has 74 heavy (non-hydrogen) atoms. The number of methoxy groups -OCH3 is 2. The molecule has 378 valence electrons. The second kappa shape index (κ2) is 22.1. The Bertz CT molecular complexity index is 3340. The van der Waals surface area contributed by atoms with Gasteiger partial charge in [-0.15, -0.1) is 0 Å². The third-order valence-corrected chi connectivity index (χ3v) is 14.5. The van der Waals surface area contributed by atoms with Crippen LogP contribution in [0.1, 0.15) is 84.0 Å². The zero-order valence-corrected chi connectivity index (χ0v) is 41.7. The van der Waals surface area contributed by atoms with Gasteiger partial charge in [0.2, 0.25) is 0 Å². The topological polar surface area (TPSA) is 114 Å². The van der Waals surface area contributed by atoms with Gasteiger partial charge in [-0.2, -0.15) is 0 Å². The Hall–Kier alpha value is -7.80. The van der Waals surface area contributed by atoms with Crippen LogP contribution in [-0.4, -0.2) is 64.7 Å². The van der Waals surface area contributed by atoms with Gasteiger partial charge in [0.15, 0.2) is 36.3 Å². The molecule has 0 bridgehead atoms. The molecular weight excluding hydrogens is 939 g/mol. The van der Waals surface area contributed by atoms with Crippen molar-refractivity contribution in [2.75, 3.05) is 40.5 Å². The van der Waals surface area contributed by atoms with Crippen molar-refractivity contribution in [3.8, 4) is 34.1 Å². The van der Waals surface area contributed by atoms with Gasteiger partial charge in [-0.3, -0.25) is 0 Å². The summed E-state index contributed by atoms with van der Waals surface area (Å²) in [6.07, 6.45) is 0.797. The molecule has 0 amide bonds. The number of fused-ring (bicyclic) bond motifs is 4. The van der Waals surface area contributed by atoms with E-state index in [1.807, 2.05) is 24.3 Å². The lowest BCUT2D eigenvalue weighted by molar-refractivity contribution is -0.143. The molecule has 2 heterocycles. The van der Waals surface area contributed by atoms with Gasteiger partial charge >= 0.3 is 11.9 Å². The van der Waals surface area contributed by atoms with E-state index < -0.39 is 36.8 Å². The highest BCUT2D eigenvalue weighted by Crippen LogP contribution is 2.45. The van der Waals surface area contributed by atoms with E-state index in [9.17, 15) is 14.0 Å². The van der Waals surface area contributed by atoms with Crippen molar-refractivity contribution in [1.82, 2.24) is 10.6 Å². The van der Waals surface area contributed by atoms with Crippen molar-refractivity contribution >= 4 is 33.5 Å². The molecule has 6 atom stereocenters. The molecule has 0 spiro atoms. The first-order chi connectivity index (χ1) is 36.0. The Morgan fingerprint density at radius 3 is 1.72 bits per heavy atom. The summed E-state index contributed by atoms with van der Waals surface area (Å²) in [5.74, 6) is -1.11. The summed E-state index contributed by atoms with van der Waals surface area (Å²) in [6, 6.07) is 51.4. The second-order valence-corrected chi connectivity index (χ2v) is 19.0. The lowest BCUT2D eigenvalue weighted by Gasteiger charge is -2.34. The summed E-state index contributed by atoms with van der Waals surface area (Å²) in [4.78, 5) is 23.8. The minimum atomic E-state index is -0.600. The van der Waals surface area contributed by atoms with Crippen LogP contribution in [0.4, 0.5) is 8.78 Å². The van der Waals surface area contributed by atoms with E-state index in [1.165, 1.54) is 42.7 Å². The van der Waals surface area contributed by atoms with E-state index in [2.05, 4.69) is 122 Å². The Labute approximate surface area is 429 Å². The third kappa shape index (κ3) is 10.6. The maximum atomic E-state index is 15.2. The van der Waals surface area contributed by atoms with Crippen LogP contribution in [0.3, 0.4) is 0 Å². The molecule has 0 saturated carbocycles. The molecule has 0 fully saturated rings. The lowest BCUT2D eigenvalue weighted by Crippen LogP contribution is -2.37. The van der Waals surface area contributed by atoms with E-state index in [0.29, 0.717) is 25.9 Å². The number of halogens is 2. The van der Waals surface area contributed by atoms with Crippen molar-refractivity contribution in [1.29, 1.82) is 0 Å². The summed E-state index contributed by atoms with van der Waals surface area (Å²) in [6.45, 7) is 4.62. The molecule has 0 saturated heterocycles. The van der Waals surface area contributed by atoms with Gasteiger partial charge in [0.05, 0.1) is 14.2 Å². The zero-order valence-electron chi connectivity index (χ0n) is 41.7. The highest BCUT2D eigenvalue weighted by molar-refractivity contribution is 5.99. The Morgan fingerprint density at radius 2 is 1.07 bits per heavy atom. The average Bonchev–Trinajstić information content (AvgIpc) is 3.44. The van der Waals surface area contributed by atoms with Crippen LogP contribution in [0.25, 0.3) is 32.7 Å². The van der Waals surface area contributed by atoms with Gasteiger partial charge in [-0.05, 0) is 118 Å². The van der Waals surface area contributed by atoms with Crippen molar-refractivity contribution in [2.45, 2.75) is 62.8 Å². The average molecular weight is 997 g/mol. The van der Waals surface area contributed by atoms with E-state index in [-0.39, 0.29) is 47.6 Å². The van der Waals surface area contributed by atoms with Crippen LogP contribution in [0.15, 0.2) is 158 Å². The molecule has 12 heteroatoms. The number of carbonyl (C=O) groups excluding carboxylic acids is 2. The molecule has 0 radical (unpaired) electrons. The maximum absolute atomic E-state index is 15.2. The Balaban J connectivity index is 0.906. The van der Waals surface area contributed by atoms with Crippen molar-refractivity contribution in [2.24, 2.45) is 0 Å². The monoisotopic (exact) mass is 996 g/mol. The summed E-state index contributed by atoms with van der Waals surface area (Å²) >= 11 is 0. The molecule has 0 aliphatic carbocycles. The Kier molecular flexibility index (Phi) is 14.9. The first-order valence-corrected chi connectivity index (χ1v) is 25.1. The minimum Gasteiger partial charge on any atom is -0.489 e. The number of para-hydroxylation sites is 1. The van der Waals surface area contributed by atoms with Crippen molar-refractivity contribution < 1.29 is 46.8 Å². The number of nitrogens with one attached hydrogen (secondary N) is 2. The first-order valence-electron chi connectivity index (χ1n) is 25.1. The van der Waals surface area contributed by atoms with Gasteiger partial charge in [0, 0.05) is 48.1 Å². The van der Waals surface area contributed by atoms with E-state index in [4.69, 9.17) is 28.4 Å². The molecule has 8 aromatic rings. The molecule has 1 unspecified atom stereocenters. The van der Waals surface area contributed by atoms with Gasteiger partial charge in [-0.1, -0.05) is 121 Å². The van der Waals surface area contributed by atoms with Crippen LogP contribution in [0.5, 0.6) is 23.0 Å². The standard InChI is InChI=1S/C62H58F2N2O8/c1-37(45-16-9-13-39-12-5-6-14-47(39)45)65-34-44-32-54(42-24-27-56(64)60(30-42)72-36-62(68)70-4)52-25-22-40(28-58(52)74-44)48-18-11-19-49-46(17-10-20-50(48)49)38(2)66-33-43-31-53(51-15-7-8-21-57(51)73-43)41-23-26-55(63)59(29-41)71-35-61(67)69-3/h5-30,37-38,43-44,53-54,65-66H,31-36H2,1-4H3/t37-,38-,43-,44-,53?,54+/m1/s1. The Morgan fingerprint density at radius 1 is 0.554 bits per heavy atom. The van der Waals surface area contributed by atoms with E-state index in [0.717, 1.165) is 61.2 Å². The van der Waals surface area contributed by atoms with Crippen molar-refractivity contribution in [3.63, 3.8) is 0 Å². The van der Waals surface area contributed by atoms with Crippen LogP contribution in [0, 0.1) is 11.6 Å². The highest BCUT2D eigenvalue weighted by atomic mass is 19.1. The summed E-state index contributed by atoms with van der Waals surface area (Å²) in [7, 11) is 2.53. The van der Waals surface area contributed by atoms with Crippen LogP contribution in [-0.2, 0) is 19.1 Å². The molecule has 2 aliphatic heterocycles. The quantitative estimate of drug-likeness (QED) is 0.0855. The highest BCUT2D eigenvalue weighted by Gasteiger charge is 2.33. The smallest absolute Gasteiger partial charge is 0.343 e. The maximum Gasteiger partial charge on any atom is 0.343 e. The number of hydrogen-bond donors (Lipinski definition) is 2. The van der Waals surface area contributed by atoms with Gasteiger partial charge < -0.3 is 39.1 Å². The van der Waals surface area contributed by atoms with Gasteiger partial charge in [-0.25, -0.2) is 18.4 Å². The minimum absolute atomic E-state index is 0.00793. The molecule has 10 rings (SSSR count). The van der Waals surface area contributed by atoms with Crippen LogP contribution < -0.4 is 29.6 Å². The third-order valence-electron chi connectivity index (χ3n) is 14.5. The normalized spacial score (nSPS) is 17.8. The first kappa shape index (κ1) is 49.8. The predicted molar refractivity (Wildman–Crippen MR) is 282 cm³/mol. The summed E-state index contributed by atoms with van der Waals surface area (Å²) in [5.41, 5.74) is 8.04. The van der Waals surface area contributed by atoms with Crippen molar-refractivity contribution in [3.05, 3.63) is 203 Å². The molecule has 8 aromatic carbocycles. The van der Waals surface area contributed by atoms with E-state index in [1.54, 1.807) is 24.3 Å². The van der Waals surface area contributed by atoms with Gasteiger partial charge in [0.25, 0.3) is 0 Å². The largest absolute Gasteiger partial charge is 0.489 e. The SMILES string of the molecule is COC(=O)COc1cc(C2C[C@H](CN[C@H](C)c3cccc4c(-c5ccc6c(c5)O[C@@H](CN[C@H](C)c5cccc7ccccc57)C[C@H]6c5ccc(F)c(OCC(=O)OC)c5)cccc34)Oc3ccccc32)ccc1F. The lowest BCUT2D eigenvalue weighted by atomic mass is 9.82. The van der Waals surface area contributed by atoms with E-state index >= 15 is 4.39 Å². The number of benzene rings is 8. The molecule has 10 nitrogen and oxygen atoms in total. The summed E-state index contributed by atoms with van der Waals surface area (Å²) < 4.78 is 64.1. The van der Waals surface area contributed by atoms with Crippen LogP contribution in [0.2, 0.25) is 0 Å². The fraction of sp³-hybridized carbons (Fsp3) is 0.258. The number of hydrogen-bond acceptors (Lipinski definition) is 10. The second-order valence-electron chi connectivity index (χ2n) is 19.0.